The molecule has 3 atom stereocenters. The molecule has 26 heavy (non-hydrogen) atoms. The number of aryl methyl sites for hydroxylation is 1. The molecule has 1 N–H and O–H groups in total. The lowest BCUT2D eigenvalue weighted by molar-refractivity contribution is 0.00933. The summed E-state index contributed by atoms with van der Waals surface area (Å²) in [6, 6.07) is 19.6. The third-order valence-electron chi connectivity index (χ3n) is 6.90. The van der Waals surface area contributed by atoms with E-state index >= 15 is 0 Å². The van der Waals surface area contributed by atoms with Crippen LogP contribution in [0.4, 0.5) is 0 Å². The van der Waals surface area contributed by atoms with Crippen molar-refractivity contribution in [1.82, 2.24) is 4.90 Å². The predicted octanol–water partition coefficient (Wildman–Crippen LogP) is 5.16. The first-order valence-corrected chi connectivity index (χ1v) is 10.2. The second-order valence-corrected chi connectivity index (χ2v) is 8.44. The van der Waals surface area contributed by atoms with Gasteiger partial charge in [-0.05, 0) is 67.8 Å². The van der Waals surface area contributed by atoms with Crippen molar-refractivity contribution in [2.75, 3.05) is 13.1 Å². The summed E-state index contributed by atoms with van der Waals surface area (Å²) < 4.78 is 0. The lowest BCUT2D eigenvalue weighted by Crippen LogP contribution is -2.56. The molecule has 2 aliphatic rings. The minimum atomic E-state index is 0.261. The van der Waals surface area contributed by atoms with Crippen LogP contribution in [-0.4, -0.2) is 29.1 Å². The third kappa shape index (κ3) is 3.40. The van der Waals surface area contributed by atoms with Gasteiger partial charge in [0.2, 0.25) is 0 Å². The second-order valence-electron chi connectivity index (χ2n) is 8.44. The van der Waals surface area contributed by atoms with Gasteiger partial charge in [0.05, 0.1) is 0 Å². The Morgan fingerprint density at radius 3 is 2.77 bits per heavy atom. The highest BCUT2D eigenvalue weighted by Crippen LogP contribution is 2.50. The first-order valence-electron chi connectivity index (χ1n) is 10.2. The summed E-state index contributed by atoms with van der Waals surface area (Å²) in [7, 11) is 0. The van der Waals surface area contributed by atoms with Crippen LogP contribution in [0.5, 0.6) is 5.75 Å². The number of phenolic OH excluding ortho intramolecular Hbond substituents is 1. The molecule has 2 aromatic carbocycles. The molecule has 2 aromatic rings. The van der Waals surface area contributed by atoms with Gasteiger partial charge < -0.3 is 10.0 Å². The van der Waals surface area contributed by atoms with Gasteiger partial charge in [0, 0.05) is 18.0 Å². The van der Waals surface area contributed by atoms with E-state index in [0.717, 1.165) is 0 Å². The minimum absolute atomic E-state index is 0.261. The zero-order valence-electron chi connectivity index (χ0n) is 15.9. The van der Waals surface area contributed by atoms with E-state index in [-0.39, 0.29) is 5.41 Å². The molecule has 0 radical (unpaired) electrons. The van der Waals surface area contributed by atoms with Gasteiger partial charge in [0.1, 0.15) is 5.75 Å². The molecule has 0 amide bonds. The molecule has 4 rings (SSSR count). The number of hydrogen-bond acceptors (Lipinski definition) is 2. The Morgan fingerprint density at radius 2 is 1.96 bits per heavy atom. The Kier molecular flexibility index (Phi) is 5.04. The third-order valence-corrected chi connectivity index (χ3v) is 6.90. The molecule has 1 saturated heterocycles. The number of piperidine rings is 1. The van der Waals surface area contributed by atoms with E-state index in [1.807, 2.05) is 12.1 Å². The predicted molar refractivity (Wildman–Crippen MR) is 108 cm³/mol. The van der Waals surface area contributed by atoms with Gasteiger partial charge in [0.25, 0.3) is 0 Å². The molecule has 138 valence electrons. The van der Waals surface area contributed by atoms with E-state index in [9.17, 15) is 5.11 Å². The van der Waals surface area contributed by atoms with E-state index < -0.39 is 0 Å². The van der Waals surface area contributed by atoms with Crippen LogP contribution in [0.2, 0.25) is 0 Å². The van der Waals surface area contributed by atoms with Crippen molar-refractivity contribution in [3.63, 3.8) is 0 Å². The summed E-state index contributed by atoms with van der Waals surface area (Å²) in [5, 5.41) is 9.99. The number of hydrogen-bond donors (Lipinski definition) is 1. The highest BCUT2D eigenvalue weighted by Gasteiger charge is 2.47. The Morgan fingerprint density at radius 1 is 1.12 bits per heavy atom. The number of phenols is 1. The molecular weight excluding hydrogens is 318 g/mol. The zero-order valence-corrected chi connectivity index (χ0v) is 15.9. The van der Waals surface area contributed by atoms with E-state index in [4.69, 9.17) is 0 Å². The highest BCUT2D eigenvalue weighted by atomic mass is 16.3. The summed E-state index contributed by atoms with van der Waals surface area (Å²) in [5.74, 6) is 1.05. The fourth-order valence-electron chi connectivity index (χ4n) is 5.48. The lowest BCUT2D eigenvalue weighted by atomic mass is 9.58. The summed E-state index contributed by atoms with van der Waals surface area (Å²) in [6.45, 7) is 4.82. The van der Waals surface area contributed by atoms with Crippen LogP contribution in [0.1, 0.15) is 50.2 Å². The molecule has 2 heteroatoms. The molecule has 0 unspecified atom stereocenters. The Balaban J connectivity index is 1.44. The molecular formula is C24H31NO. The Hall–Kier alpha value is -1.80. The lowest BCUT2D eigenvalue weighted by Gasteiger charge is -2.54. The molecule has 2 bridgehead atoms. The minimum Gasteiger partial charge on any atom is -0.508 e. The van der Waals surface area contributed by atoms with Crippen molar-refractivity contribution in [2.45, 2.75) is 56.9 Å². The first kappa shape index (κ1) is 17.6. The smallest absolute Gasteiger partial charge is 0.115 e. The molecule has 0 aromatic heterocycles. The standard InChI is InChI=1S/C24H31NO/c1-19-18-25(15-7-10-20-8-3-2-4-9-20)22-12-6-14-24(19,17-22)21-11-5-13-23(26)16-21/h2-5,8-9,11,13,16,19,22,26H,6-7,10,12,14-15,17-18H2,1H3/t19-,22-,24+/m1/s1. The van der Waals surface area contributed by atoms with Crippen molar-refractivity contribution in [1.29, 1.82) is 0 Å². The van der Waals surface area contributed by atoms with Crippen molar-refractivity contribution in [2.24, 2.45) is 5.92 Å². The molecule has 1 heterocycles. The van der Waals surface area contributed by atoms with Crippen LogP contribution in [0, 0.1) is 5.92 Å². The van der Waals surface area contributed by atoms with E-state index in [1.54, 1.807) is 6.07 Å². The van der Waals surface area contributed by atoms with Crippen LogP contribution >= 0.6 is 0 Å². The summed E-state index contributed by atoms with van der Waals surface area (Å²) in [6.07, 6.45) is 7.58. The van der Waals surface area contributed by atoms with E-state index in [0.29, 0.717) is 17.7 Å². The molecule has 1 aliphatic heterocycles. The number of benzene rings is 2. The normalized spacial score (nSPS) is 28.8. The number of nitrogens with zero attached hydrogens (tertiary/aromatic N) is 1. The number of aromatic hydroxyl groups is 1. The van der Waals surface area contributed by atoms with Gasteiger partial charge >= 0.3 is 0 Å². The largest absolute Gasteiger partial charge is 0.508 e. The molecule has 0 spiro atoms. The number of fused-ring (bicyclic) bond motifs is 2. The Labute approximate surface area is 157 Å². The summed E-state index contributed by atoms with van der Waals surface area (Å²) in [5.41, 5.74) is 3.08. The maximum atomic E-state index is 9.99. The van der Waals surface area contributed by atoms with Crippen LogP contribution in [0.25, 0.3) is 0 Å². The van der Waals surface area contributed by atoms with E-state index in [2.05, 4.69) is 48.2 Å². The van der Waals surface area contributed by atoms with Gasteiger partial charge in [-0.1, -0.05) is 55.8 Å². The van der Waals surface area contributed by atoms with Gasteiger partial charge in [0.15, 0.2) is 0 Å². The van der Waals surface area contributed by atoms with Crippen LogP contribution in [-0.2, 0) is 11.8 Å². The van der Waals surface area contributed by atoms with Crippen LogP contribution < -0.4 is 0 Å². The first-order chi connectivity index (χ1) is 12.7. The van der Waals surface area contributed by atoms with E-state index in [1.165, 1.54) is 62.7 Å². The SMILES string of the molecule is C[C@@H]1CN(CCCc2ccccc2)[C@@H]2CCC[C@]1(c1cccc(O)c1)C2. The molecule has 1 saturated carbocycles. The number of rotatable bonds is 5. The quantitative estimate of drug-likeness (QED) is 0.806. The van der Waals surface area contributed by atoms with Crippen LogP contribution in [0.15, 0.2) is 54.6 Å². The topological polar surface area (TPSA) is 23.5 Å². The summed E-state index contributed by atoms with van der Waals surface area (Å²) >= 11 is 0. The summed E-state index contributed by atoms with van der Waals surface area (Å²) in [4.78, 5) is 2.76. The van der Waals surface area contributed by atoms with Gasteiger partial charge in [-0.15, -0.1) is 0 Å². The maximum absolute atomic E-state index is 9.99. The van der Waals surface area contributed by atoms with Gasteiger partial charge in [-0.25, -0.2) is 0 Å². The van der Waals surface area contributed by atoms with Crippen molar-refractivity contribution in [3.8, 4) is 5.75 Å². The van der Waals surface area contributed by atoms with Gasteiger partial charge in [-0.2, -0.15) is 0 Å². The maximum Gasteiger partial charge on any atom is 0.115 e. The fourth-order valence-corrected chi connectivity index (χ4v) is 5.48. The monoisotopic (exact) mass is 349 g/mol. The van der Waals surface area contributed by atoms with Crippen LogP contribution in [0.3, 0.4) is 0 Å². The average molecular weight is 350 g/mol. The number of likely N-dealkylation sites (tertiary alicyclic amines) is 1. The fraction of sp³-hybridized carbons (Fsp3) is 0.500. The zero-order chi connectivity index (χ0) is 18.0. The Bertz CT molecular complexity index is 728. The molecule has 1 aliphatic carbocycles. The van der Waals surface area contributed by atoms with Crippen molar-refractivity contribution in [3.05, 3.63) is 65.7 Å². The molecule has 2 fully saturated rings. The molecule has 2 nitrogen and oxygen atoms in total. The van der Waals surface area contributed by atoms with Crippen molar-refractivity contribution < 1.29 is 5.11 Å². The van der Waals surface area contributed by atoms with Gasteiger partial charge in [-0.3, -0.25) is 0 Å². The average Bonchev–Trinajstić information content (AvgIpc) is 2.67. The second kappa shape index (κ2) is 7.44. The van der Waals surface area contributed by atoms with Crippen molar-refractivity contribution >= 4 is 0 Å². The highest BCUT2D eigenvalue weighted by molar-refractivity contribution is 5.35.